The third kappa shape index (κ3) is 5.08. The third-order valence-corrected chi connectivity index (χ3v) is 5.00. The van der Waals surface area contributed by atoms with Crippen LogP contribution in [0, 0.1) is 5.92 Å². The lowest BCUT2D eigenvalue weighted by atomic mass is 10.1. The fourth-order valence-electron chi connectivity index (χ4n) is 3.14. The van der Waals surface area contributed by atoms with Gasteiger partial charge in [0.25, 0.3) is 0 Å². The van der Waals surface area contributed by atoms with Crippen LogP contribution in [0.1, 0.15) is 27.2 Å². The summed E-state index contributed by atoms with van der Waals surface area (Å²) >= 11 is 5.91. The summed E-state index contributed by atoms with van der Waals surface area (Å²) in [5.74, 6) is 2.92. The van der Waals surface area contributed by atoms with E-state index in [0.717, 1.165) is 31.4 Å². The number of nitrogens with zero attached hydrogens (tertiary/aromatic N) is 4. The monoisotopic (exact) mass is 374 g/mol. The van der Waals surface area contributed by atoms with E-state index in [4.69, 9.17) is 16.3 Å². The van der Waals surface area contributed by atoms with Gasteiger partial charge < -0.3 is 9.64 Å². The lowest BCUT2D eigenvalue weighted by Gasteiger charge is -2.40. The molecule has 0 saturated carbocycles. The zero-order valence-electron chi connectivity index (χ0n) is 15.7. The number of hydrogen-bond donors (Lipinski definition) is 0. The minimum atomic E-state index is 0.512. The zero-order valence-corrected chi connectivity index (χ0v) is 16.5. The van der Waals surface area contributed by atoms with Crippen LogP contribution in [0.5, 0.6) is 11.6 Å². The van der Waals surface area contributed by atoms with Gasteiger partial charge in [0.05, 0.1) is 0 Å². The Morgan fingerprint density at radius 1 is 1.19 bits per heavy atom. The quantitative estimate of drug-likeness (QED) is 0.745. The molecule has 3 rings (SSSR count). The van der Waals surface area contributed by atoms with Gasteiger partial charge in [0.15, 0.2) is 0 Å². The minimum Gasteiger partial charge on any atom is -0.439 e. The maximum Gasteiger partial charge on any atom is 0.224 e. The van der Waals surface area contributed by atoms with Crippen molar-refractivity contribution in [3.63, 3.8) is 0 Å². The van der Waals surface area contributed by atoms with Crippen molar-refractivity contribution >= 4 is 17.4 Å². The molecule has 140 valence electrons. The highest BCUT2D eigenvalue weighted by Crippen LogP contribution is 2.25. The van der Waals surface area contributed by atoms with E-state index in [2.05, 4.69) is 40.5 Å². The summed E-state index contributed by atoms with van der Waals surface area (Å²) < 4.78 is 5.83. The molecular formula is C20H27ClN4O. The van der Waals surface area contributed by atoms with Crippen molar-refractivity contribution in [3.8, 4) is 11.6 Å². The van der Waals surface area contributed by atoms with E-state index in [-0.39, 0.29) is 0 Å². The Kier molecular flexibility index (Phi) is 6.33. The summed E-state index contributed by atoms with van der Waals surface area (Å²) in [6, 6.07) is 9.69. The molecule has 0 spiro atoms. The Balaban J connectivity index is 1.62. The number of anilines is 1. The predicted molar refractivity (Wildman–Crippen MR) is 106 cm³/mol. The summed E-state index contributed by atoms with van der Waals surface area (Å²) in [5, 5.41) is 0.685. The largest absolute Gasteiger partial charge is 0.439 e. The Bertz CT molecular complexity index is 707. The Labute approximate surface area is 161 Å². The molecule has 1 aromatic carbocycles. The maximum atomic E-state index is 5.91. The molecule has 0 amide bonds. The fraction of sp³-hybridized carbons (Fsp3) is 0.500. The summed E-state index contributed by atoms with van der Waals surface area (Å²) in [7, 11) is 0. The van der Waals surface area contributed by atoms with Crippen molar-refractivity contribution in [1.29, 1.82) is 0 Å². The van der Waals surface area contributed by atoms with Crippen molar-refractivity contribution in [2.45, 2.75) is 33.2 Å². The Hall–Kier alpha value is -1.85. The Morgan fingerprint density at radius 3 is 2.65 bits per heavy atom. The second-order valence-corrected chi connectivity index (χ2v) is 7.72. The van der Waals surface area contributed by atoms with Crippen LogP contribution in [-0.4, -0.2) is 47.1 Å². The van der Waals surface area contributed by atoms with Gasteiger partial charge >= 0.3 is 0 Å². The molecule has 1 aromatic heterocycles. The highest BCUT2D eigenvalue weighted by Gasteiger charge is 2.24. The van der Waals surface area contributed by atoms with Crippen LogP contribution >= 0.6 is 11.6 Å². The van der Waals surface area contributed by atoms with E-state index >= 15 is 0 Å². The molecule has 0 bridgehead atoms. The first-order valence-electron chi connectivity index (χ1n) is 9.25. The number of hydrogen-bond acceptors (Lipinski definition) is 5. The van der Waals surface area contributed by atoms with Crippen LogP contribution in [0.3, 0.4) is 0 Å². The van der Waals surface area contributed by atoms with Gasteiger partial charge in [0.2, 0.25) is 5.88 Å². The van der Waals surface area contributed by atoms with Crippen LogP contribution in [0.4, 0.5) is 5.82 Å². The predicted octanol–water partition coefficient (Wildman–Crippen LogP) is 4.48. The minimum absolute atomic E-state index is 0.512. The topological polar surface area (TPSA) is 41.5 Å². The molecule has 0 radical (unpaired) electrons. The first-order valence-corrected chi connectivity index (χ1v) is 9.63. The average Bonchev–Trinajstić information content (AvgIpc) is 2.63. The smallest absolute Gasteiger partial charge is 0.224 e. The second-order valence-electron chi connectivity index (χ2n) is 7.28. The molecule has 1 unspecified atom stereocenters. The molecule has 0 aliphatic carbocycles. The van der Waals surface area contributed by atoms with Gasteiger partial charge in [0, 0.05) is 36.8 Å². The van der Waals surface area contributed by atoms with Crippen molar-refractivity contribution in [3.05, 3.63) is 41.7 Å². The number of piperazine rings is 1. The number of benzene rings is 1. The molecule has 0 N–H and O–H groups in total. The van der Waals surface area contributed by atoms with Gasteiger partial charge in [-0.25, -0.2) is 9.97 Å². The molecule has 2 heterocycles. The van der Waals surface area contributed by atoms with E-state index in [1.807, 2.05) is 18.2 Å². The van der Waals surface area contributed by atoms with Gasteiger partial charge in [-0.15, -0.1) is 0 Å². The molecule has 1 saturated heterocycles. The molecule has 1 atom stereocenters. The van der Waals surface area contributed by atoms with Crippen molar-refractivity contribution in [2.24, 2.45) is 5.92 Å². The van der Waals surface area contributed by atoms with Crippen LogP contribution in [-0.2, 0) is 0 Å². The Morgan fingerprint density at radius 2 is 1.96 bits per heavy atom. The summed E-state index contributed by atoms with van der Waals surface area (Å²) in [5.41, 5.74) is 0. The number of ether oxygens (including phenoxy) is 1. The second kappa shape index (κ2) is 8.69. The van der Waals surface area contributed by atoms with Crippen molar-refractivity contribution < 1.29 is 4.74 Å². The molecule has 2 aromatic rings. The van der Waals surface area contributed by atoms with Crippen molar-refractivity contribution in [1.82, 2.24) is 14.9 Å². The third-order valence-electron chi connectivity index (χ3n) is 4.75. The SMILES string of the molecule is CC(C)CCN1CCN(c2cc(Oc3ccc(Cl)cc3)ncn2)CC1C. The zero-order chi connectivity index (χ0) is 18.5. The molecule has 5 nitrogen and oxygen atoms in total. The number of aromatic nitrogens is 2. The average molecular weight is 375 g/mol. The van der Waals surface area contributed by atoms with E-state index in [1.165, 1.54) is 13.0 Å². The van der Waals surface area contributed by atoms with Crippen LogP contribution in [0.25, 0.3) is 0 Å². The van der Waals surface area contributed by atoms with Crippen LogP contribution < -0.4 is 9.64 Å². The summed E-state index contributed by atoms with van der Waals surface area (Å²) in [6.45, 7) is 11.0. The van der Waals surface area contributed by atoms with Gasteiger partial charge in [-0.1, -0.05) is 25.4 Å². The highest BCUT2D eigenvalue weighted by atomic mass is 35.5. The normalized spacial score (nSPS) is 18.3. The van der Waals surface area contributed by atoms with E-state index in [0.29, 0.717) is 22.7 Å². The molecule has 6 heteroatoms. The first kappa shape index (κ1) is 18.9. The molecular weight excluding hydrogens is 348 g/mol. The van der Waals surface area contributed by atoms with Crippen molar-refractivity contribution in [2.75, 3.05) is 31.1 Å². The van der Waals surface area contributed by atoms with E-state index in [9.17, 15) is 0 Å². The van der Waals surface area contributed by atoms with Gasteiger partial charge in [-0.3, -0.25) is 4.90 Å². The summed E-state index contributed by atoms with van der Waals surface area (Å²) in [4.78, 5) is 13.6. The summed E-state index contributed by atoms with van der Waals surface area (Å²) in [6.07, 6.45) is 2.81. The van der Waals surface area contributed by atoms with E-state index in [1.54, 1.807) is 18.5 Å². The maximum absolute atomic E-state index is 5.91. The highest BCUT2D eigenvalue weighted by molar-refractivity contribution is 6.30. The number of halogens is 1. The molecule has 1 aliphatic heterocycles. The molecule has 1 aliphatic rings. The first-order chi connectivity index (χ1) is 12.5. The number of rotatable bonds is 6. The van der Waals surface area contributed by atoms with Gasteiger partial charge in [-0.2, -0.15) is 0 Å². The standard InChI is InChI=1S/C20H27ClN4O/c1-15(2)8-9-24-10-11-25(13-16(24)3)19-12-20(23-14-22-19)26-18-6-4-17(21)5-7-18/h4-7,12,14-16H,8-11,13H2,1-3H3. The van der Waals surface area contributed by atoms with E-state index < -0.39 is 0 Å². The van der Waals surface area contributed by atoms with Crippen LogP contribution in [0.2, 0.25) is 5.02 Å². The lowest BCUT2D eigenvalue weighted by Crippen LogP contribution is -2.52. The van der Waals surface area contributed by atoms with Crippen LogP contribution in [0.15, 0.2) is 36.7 Å². The van der Waals surface area contributed by atoms with Gasteiger partial charge in [-0.05, 0) is 50.1 Å². The van der Waals surface area contributed by atoms with Gasteiger partial charge in [0.1, 0.15) is 17.9 Å². The lowest BCUT2D eigenvalue weighted by molar-refractivity contribution is 0.179. The molecule has 26 heavy (non-hydrogen) atoms. The fourth-order valence-corrected chi connectivity index (χ4v) is 3.27. The molecule has 1 fully saturated rings.